The molecule has 1 saturated heterocycles. The monoisotopic (exact) mass is 510 g/mol. The van der Waals surface area contributed by atoms with Gasteiger partial charge in [0.15, 0.2) is 10.9 Å². The van der Waals surface area contributed by atoms with Crippen LogP contribution in [-0.2, 0) is 4.79 Å². The summed E-state index contributed by atoms with van der Waals surface area (Å²) in [5, 5.41) is 1.41. The molecule has 0 spiro atoms. The van der Waals surface area contributed by atoms with E-state index in [0.29, 0.717) is 32.5 Å². The molecule has 4 rings (SSSR count). The van der Waals surface area contributed by atoms with E-state index in [1.807, 2.05) is 69.3 Å². The first-order valence-electron chi connectivity index (χ1n) is 10.9. The second-order valence-electron chi connectivity index (χ2n) is 7.98. The first-order valence-corrected chi connectivity index (χ1v) is 12.5. The predicted octanol–water partition coefficient (Wildman–Crippen LogP) is 8.21. The molecule has 3 aromatic rings. The number of benzene rings is 3. The minimum Gasteiger partial charge on any atom is -0.490 e. The second-order valence-corrected chi connectivity index (χ2v) is 9.80. The number of aryl methyl sites for hydroxylation is 2. The van der Waals surface area contributed by atoms with Gasteiger partial charge in [-0.15, -0.1) is 0 Å². The molecule has 3 aromatic carbocycles. The van der Waals surface area contributed by atoms with E-state index in [4.69, 9.17) is 32.9 Å². The van der Waals surface area contributed by atoms with Crippen molar-refractivity contribution in [3.8, 4) is 5.75 Å². The zero-order valence-corrected chi connectivity index (χ0v) is 21.5. The van der Waals surface area contributed by atoms with Crippen molar-refractivity contribution >= 4 is 63.5 Å². The third-order valence-corrected chi connectivity index (χ3v) is 6.66. The average Bonchev–Trinajstić information content (AvgIpc) is 3.10. The van der Waals surface area contributed by atoms with Crippen LogP contribution in [0, 0.1) is 13.8 Å². The Hall–Kier alpha value is -2.73. The number of nitrogens with zero attached hydrogens (tertiary/aromatic N) is 2. The van der Waals surface area contributed by atoms with Gasteiger partial charge >= 0.3 is 0 Å². The summed E-state index contributed by atoms with van der Waals surface area (Å²) in [4.78, 5) is 20.4. The second kappa shape index (κ2) is 10.7. The van der Waals surface area contributed by atoms with Gasteiger partial charge in [-0.3, -0.25) is 9.69 Å². The fraction of sp³-hybridized carbons (Fsp3) is 0.185. The molecule has 7 heteroatoms. The number of hydrogen-bond acceptors (Lipinski definition) is 4. The van der Waals surface area contributed by atoms with E-state index in [2.05, 4.69) is 0 Å². The van der Waals surface area contributed by atoms with Gasteiger partial charge in [0.05, 0.1) is 32.9 Å². The van der Waals surface area contributed by atoms with Gasteiger partial charge in [-0.25, -0.2) is 4.99 Å². The molecule has 174 valence electrons. The van der Waals surface area contributed by atoms with E-state index in [1.54, 1.807) is 23.1 Å². The van der Waals surface area contributed by atoms with Crippen molar-refractivity contribution in [1.29, 1.82) is 0 Å². The summed E-state index contributed by atoms with van der Waals surface area (Å²) in [7, 11) is 0. The van der Waals surface area contributed by atoms with Gasteiger partial charge in [0, 0.05) is 0 Å². The molecule has 4 nitrogen and oxygen atoms in total. The van der Waals surface area contributed by atoms with Crippen LogP contribution in [0.5, 0.6) is 5.75 Å². The maximum atomic E-state index is 13.5. The number of amides is 1. The Labute approximate surface area is 214 Å². The van der Waals surface area contributed by atoms with Gasteiger partial charge < -0.3 is 4.74 Å². The van der Waals surface area contributed by atoms with Crippen LogP contribution in [0.1, 0.15) is 30.0 Å². The van der Waals surface area contributed by atoms with Gasteiger partial charge in [-0.1, -0.05) is 65.5 Å². The molecule has 0 atom stereocenters. The number of ether oxygens (including phenoxy) is 1. The van der Waals surface area contributed by atoms with Crippen LogP contribution in [0.25, 0.3) is 6.08 Å². The molecule has 1 aliphatic rings. The van der Waals surface area contributed by atoms with E-state index in [9.17, 15) is 4.79 Å². The summed E-state index contributed by atoms with van der Waals surface area (Å²) in [5.74, 6) is 0.305. The molecule has 1 amide bonds. The molecule has 1 aliphatic heterocycles. The van der Waals surface area contributed by atoms with E-state index in [1.165, 1.54) is 11.8 Å². The van der Waals surface area contributed by atoms with Gasteiger partial charge in [-0.2, -0.15) is 0 Å². The van der Waals surface area contributed by atoms with Crippen molar-refractivity contribution in [2.24, 2.45) is 4.99 Å². The lowest BCUT2D eigenvalue weighted by Gasteiger charge is -2.16. The molecular formula is C27H24Cl2N2O2S. The number of carbonyl (C=O) groups is 1. The van der Waals surface area contributed by atoms with Crippen LogP contribution in [0.3, 0.4) is 0 Å². The molecule has 34 heavy (non-hydrogen) atoms. The number of thioether (sulfide) groups is 1. The molecule has 0 saturated carbocycles. The number of amidine groups is 1. The summed E-state index contributed by atoms with van der Waals surface area (Å²) < 4.78 is 5.66. The Bertz CT molecular complexity index is 1250. The lowest BCUT2D eigenvalue weighted by Crippen LogP contribution is -2.28. The summed E-state index contributed by atoms with van der Waals surface area (Å²) in [5.41, 5.74) is 4.52. The van der Waals surface area contributed by atoms with E-state index < -0.39 is 0 Å². The molecular weight excluding hydrogens is 487 g/mol. The van der Waals surface area contributed by atoms with Crippen LogP contribution < -0.4 is 9.64 Å². The SMILES string of the molecule is CCCOc1c(Cl)cc(/C=C2\SC(=Nc3ccc(C)cc3)N(c3ccc(C)cc3)C2=O)cc1Cl. The zero-order chi connectivity index (χ0) is 24.2. The molecule has 0 bridgehead atoms. The molecule has 0 radical (unpaired) electrons. The van der Waals surface area contributed by atoms with Crippen LogP contribution in [-0.4, -0.2) is 17.7 Å². The van der Waals surface area contributed by atoms with E-state index >= 15 is 0 Å². The maximum Gasteiger partial charge on any atom is 0.271 e. The van der Waals surface area contributed by atoms with Crippen molar-refractivity contribution in [3.63, 3.8) is 0 Å². The lowest BCUT2D eigenvalue weighted by atomic mass is 10.2. The number of carbonyl (C=O) groups excluding carboxylic acids is 1. The Morgan fingerprint density at radius 1 is 0.971 bits per heavy atom. The smallest absolute Gasteiger partial charge is 0.271 e. The highest BCUT2D eigenvalue weighted by Crippen LogP contribution is 2.39. The van der Waals surface area contributed by atoms with Crippen LogP contribution in [0.2, 0.25) is 10.0 Å². The fourth-order valence-electron chi connectivity index (χ4n) is 3.36. The first kappa shape index (κ1) is 24.4. The quantitative estimate of drug-likeness (QED) is 0.313. The summed E-state index contributed by atoms with van der Waals surface area (Å²) >= 11 is 14.2. The topological polar surface area (TPSA) is 41.9 Å². The van der Waals surface area contributed by atoms with Gasteiger partial charge in [0.25, 0.3) is 5.91 Å². The van der Waals surface area contributed by atoms with Gasteiger partial charge in [0.1, 0.15) is 0 Å². The third kappa shape index (κ3) is 5.49. The third-order valence-electron chi connectivity index (χ3n) is 5.13. The van der Waals surface area contributed by atoms with Gasteiger partial charge in [-0.05, 0) is 80.1 Å². The van der Waals surface area contributed by atoms with Crippen molar-refractivity contribution in [3.05, 3.63) is 92.3 Å². The summed E-state index contributed by atoms with van der Waals surface area (Å²) in [6.45, 7) is 6.58. The average molecular weight is 511 g/mol. The first-order chi connectivity index (χ1) is 16.4. The number of halogens is 2. The van der Waals surface area contributed by atoms with Crippen molar-refractivity contribution < 1.29 is 9.53 Å². The minimum atomic E-state index is -0.154. The van der Waals surface area contributed by atoms with Crippen molar-refractivity contribution in [2.75, 3.05) is 11.5 Å². The Morgan fingerprint density at radius 2 is 1.56 bits per heavy atom. The Balaban J connectivity index is 1.73. The van der Waals surface area contributed by atoms with E-state index in [-0.39, 0.29) is 5.91 Å². The minimum absolute atomic E-state index is 0.154. The summed E-state index contributed by atoms with van der Waals surface area (Å²) in [6, 6.07) is 19.2. The molecule has 1 fully saturated rings. The molecule has 0 aromatic heterocycles. The highest BCUT2D eigenvalue weighted by Gasteiger charge is 2.34. The number of hydrogen-bond donors (Lipinski definition) is 0. The highest BCUT2D eigenvalue weighted by atomic mass is 35.5. The molecule has 0 N–H and O–H groups in total. The fourth-order valence-corrected chi connectivity index (χ4v) is 4.97. The summed E-state index contributed by atoms with van der Waals surface area (Å²) in [6.07, 6.45) is 2.63. The predicted molar refractivity (Wildman–Crippen MR) is 145 cm³/mol. The maximum absolute atomic E-state index is 13.5. The van der Waals surface area contributed by atoms with Crippen LogP contribution in [0.4, 0.5) is 11.4 Å². The number of aliphatic imine (C=N–C) groups is 1. The van der Waals surface area contributed by atoms with E-state index in [0.717, 1.165) is 34.5 Å². The standard InChI is InChI=1S/C27H24Cl2N2O2S/c1-4-13-33-25-22(28)14-19(15-23(25)29)16-24-26(32)31(21-11-7-18(3)8-12-21)27(34-24)30-20-9-5-17(2)6-10-20/h5-12,14-16H,4,13H2,1-3H3/b24-16-,30-27?. The Morgan fingerprint density at radius 3 is 2.15 bits per heavy atom. The molecule has 0 unspecified atom stereocenters. The Kier molecular flexibility index (Phi) is 7.67. The van der Waals surface area contributed by atoms with Crippen LogP contribution >= 0.6 is 35.0 Å². The molecule has 1 heterocycles. The highest BCUT2D eigenvalue weighted by molar-refractivity contribution is 8.19. The number of rotatable bonds is 6. The lowest BCUT2D eigenvalue weighted by molar-refractivity contribution is -0.113. The van der Waals surface area contributed by atoms with Crippen molar-refractivity contribution in [2.45, 2.75) is 27.2 Å². The normalized spacial score (nSPS) is 16.0. The van der Waals surface area contributed by atoms with Gasteiger partial charge in [0.2, 0.25) is 0 Å². The largest absolute Gasteiger partial charge is 0.490 e. The van der Waals surface area contributed by atoms with Crippen LogP contribution in [0.15, 0.2) is 70.6 Å². The molecule has 0 aliphatic carbocycles. The van der Waals surface area contributed by atoms with Crippen molar-refractivity contribution in [1.82, 2.24) is 0 Å². The number of anilines is 1. The zero-order valence-electron chi connectivity index (χ0n) is 19.1.